The molecule has 1 fully saturated rings. The van der Waals surface area contributed by atoms with Crippen LogP contribution in [0.5, 0.6) is 0 Å². The normalized spacial score (nSPS) is 16.6. The van der Waals surface area contributed by atoms with Crippen molar-refractivity contribution in [3.8, 4) is 17.1 Å². The monoisotopic (exact) mass is 533 g/mol. The van der Waals surface area contributed by atoms with Crippen LogP contribution >= 0.6 is 0 Å². The predicted molar refractivity (Wildman–Crippen MR) is 160 cm³/mol. The molecule has 3 N–H and O–H groups in total. The van der Waals surface area contributed by atoms with Gasteiger partial charge < -0.3 is 11.1 Å². The summed E-state index contributed by atoms with van der Waals surface area (Å²) >= 11 is 0. The summed E-state index contributed by atoms with van der Waals surface area (Å²) in [5, 5.41) is 3.02. The number of nitrogen functional groups attached to an aromatic ring is 1. The second-order valence-electron chi connectivity index (χ2n) is 10.7. The van der Waals surface area contributed by atoms with Crippen LogP contribution in [0.15, 0.2) is 73.5 Å². The first kappa shape index (κ1) is 26.0. The fourth-order valence-corrected chi connectivity index (χ4v) is 5.74. The zero-order chi connectivity index (χ0) is 27.5. The Morgan fingerprint density at radius 2 is 1.90 bits per heavy atom. The van der Waals surface area contributed by atoms with E-state index in [1.54, 1.807) is 6.20 Å². The summed E-state index contributed by atoms with van der Waals surface area (Å²) in [6, 6.07) is 16.8. The first-order valence-corrected chi connectivity index (χ1v) is 14.1. The van der Waals surface area contributed by atoms with Crippen molar-refractivity contribution in [1.29, 1.82) is 0 Å². The number of nitrogens with one attached hydrogen (secondary N) is 1. The minimum atomic E-state index is -0.0921. The molecule has 8 nitrogen and oxygen atoms in total. The van der Waals surface area contributed by atoms with E-state index in [1.165, 1.54) is 30.1 Å². The predicted octanol–water partition coefficient (Wildman–Crippen LogP) is 5.29. The van der Waals surface area contributed by atoms with Gasteiger partial charge in [-0.2, -0.15) is 0 Å². The Hall–Kier alpha value is -4.30. The molecule has 0 bridgehead atoms. The summed E-state index contributed by atoms with van der Waals surface area (Å²) in [4.78, 5) is 28.5. The Morgan fingerprint density at radius 3 is 2.62 bits per heavy atom. The van der Waals surface area contributed by atoms with Gasteiger partial charge in [0.15, 0.2) is 11.5 Å². The number of fused-ring (bicyclic) bond motifs is 1. The summed E-state index contributed by atoms with van der Waals surface area (Å²) < 4.78 is 2.10. The van der Waals surface area contributed by atoms with Crippen molar-refractivity contribution in [1.82, 2.24) is 29.7 Å². The van der Waals surface area contributed by atoms with Crippen molar-refractivity contribution in [2.24, 2.45) is 0 Å². The molecule has 1 saturated heterocycles. The molecule has 1 aliphatic carbocycles. The fraction of sp³-hybridized carbons (Fsp3) is 0.312. The lowest BCUT2D eigenvalue weighted by Gasteiger charge is -2.32. The highest BCUT2D eigenvalue weighted by Gasteiger charge is 2.21. The molecule has 40 heavy (non-hydrogen) atoms. The van der Waals surface area contributed by atoms with Crippen LogP contribution in [0.4, 0.5) is 5.82 Å². The van der Waals surface area contributed by atoms with Gasteiger partial charge in [-0.15, -0.1) is 0 Å². The fourth-order valence-electron chi connectivity index (χ4n) is 5.74. The minimum Gasteiger partial charge on any atom is -0.383 e. The van der Waals surface area contributed by atoms with Crippen molar-refractivity contribution in [2.45, 2.75) is 51.1 Å². The Labute approximate surface area is 234 Å². The van der Waals surface area contributed by atoms with Gasteiger partial charge in [-0.25, -0.2) is 15.0 Å². The average Bonchev–Trinajstić information content (AvgIpc) is 3.37. The molecule has 1 amide bonds. The highest BCUT2D eigenvalue weighted by Crippen LogP contribution is 2.32. The number of hydrogen-bond acceptors (Lipinski definition) is 6. The molecule has 0 unspecified atom stereocenters. The maximum absolute atomic E-state index is 11.6. The second kappa shape index (κ2) is 11.4. The van der Waals surface area contributed by atoms with E-state index < -0.39 is 0 Å². The first-order chi connectivity index (χ1) is 19.6. The average molecular weight is 534 g/mol. The number of likely N-dealkylation sites (tertiary alicyclic amines) is 1. The highest BCUT2D eigenvalue weighted by atomic mass is 16.1. The number of imidazole rings is 1. The summed E-state index contributed by atoms with van der Waals surface area (Å²) in [6.45, 7) is 6.31. The molecule has 1 aromatic carbocycles. The molecule has 4 aromatic rings. The molecule has 0 radical (unpaired) electrons. The molecule has 204 valence electrons. The maximum atomic E-state index is 11.6. The minimum absolute atomic E-state index is 0.0921. The number of hydrogen-bond donors (Lipinski definition) is 2. The van der Waals surface area contributed by atoms with Gasteiger partial charge in [0.1, 0.15) is 11.3 Å². The van der Waals surface area contributed by atoms with Crippen molar-refractivity contribution in [3.05, 3.63) is 84.7 Å². The molecule has 0 saturated carbocycles. The third-order valence-corrected chi connectivity index (χ3v) is 7.92. The third-order valence-electron chi connectivity index (χ3n) is 7.92. The van der Waals surface area contributed by atoms with Gasteiger partial charge >= 0.3 is 0 Å². The zero-order valence-corrected chi connectivity index (χ0v) is 22.7. The molecule has 0 spiro atoms. The molecule has 0 atom stereocenters. The number of piperidine rings is 1. The topological polar surface area (TPSA) is 102 Å². The Kier molecular flexibility index (Phi) is 7.42. The van der Waals surface area contributed by atoms with Crippen molar-refractivity contribution >= 4 is 28.5 Å². The number of carbonyl (C=O) groups excluding carboxylic acids is 1. The van der Waals surface area contributed by atoms with Crippen LogP contribution in [-0.2, 0) is 11.3 Å². The molecule has 6 rings (SSSR count). The number of anilines is 1. The molecule has 1 aliphatic heterocycles. The third kappa shape index (κ3) is 5.40. The highest BCUT2D eigenvalue weighted by molar-refractivity contribution is 5.87. The van der Waals surface area contributed by atoms with E-state index in [0.29, 0.717) is 5.82 Å². The van der Waals surface area contributed by atoms with E-state index in [4.69, 9.17) is 15.7 Å². The van der Waals surface area contributed by atoms with Gasteiger partial charge in [0.05, 0.1) is 11.3 Å². The smallest absolute Gasteiger partial charge is 0.243 e. The van der Waals surface area contributed by atoms with Gasteiger partial charge in [0, 0.05) is 37.6 Å². The lowest BCUT2D eigenvalue weighted by molar-refractivity contribution is -0.117. The number of nitrogens with two attached hydrogens (primary N) is 1. The number of rotatable bonds is 7. The van der Waals surface area contributed by atoms with Gasteiger partial charge in [-0.05, 0) is 92.1 Å². The van der Waals surface area contributed by atoms with Crippen LogP contribution < -0.4 is 11.1 Å². The summed E-state index contributed by atoms with van der Waals surface area (Å²) in [5.74, 6) is 1.09. The zero-order valence-electron chi connectivity index (χ0n) is 22.7. The number of benzene rings is 1. The standard InChI is InChI=1S/C32H35N7O/c1-2-29(40)35-24-16-19-38(20-17-24)21-22-10-12-25(13-11-22)39-31(26-9-6-18-34-30(26)33)37-28-15-14-27(36-32(28)39)23-7-4-3-5-8-23/h2,6-7,9-15,18,24H,1,3-5,8,16-17,19-21H2,(H2,33,34)(H,35,40). The molecule has 8 heteroatoms. The van der Waals surface area contributed by atoms with Gasteiger partial charge in [-0.3, -0.25) is 14.3 Å². The number of pyridine rings is 2. The second-order valence-corrected chi connectivity index (χ2v) is 10.7. The Morgan fingerprint density at radius 1 is 1.07 bits per heavy atom. The number of aromatic nitrogens is 4. The van der Waals surface area contributed by atoms with E-state index in [9.17, 15) is 4.79 Å². The van der Waals surface area contributed by atoms with E-state index in [-0.39, 0.29) is 11.9 Å². The Balaban J connectivity index is 1.30. The number of allylic oxidation sites excluding steroid dienone is 2. The van der Waals surface area contributed by atoms with Crippen LogP contribution in [-0.4, -0.2) is 49.5 Å². The van der Waals surface area contributed by atoms with Crippen LogP contribution in [0.3, 0.4) is 0 Å². The van der Waals surface area contributed by atoms with Crippen LogP contribution in [0.25, 0.3) is 33.8 Å². The van der Waals surface area contributed by atoms with Crippen molar-refractivity contribution < 1.29 is 4.79 Å². The number of amides is 1. The molecular formula is C32H35N7O. The van der Waals surface area contributed by atoms with Crippen molar-refractivity contribution in [3.63, 3.8) is 0 Å². The van der Waals surface area contributed by atoms with Crippen LogP contribution in [0.1, 0.15) is 49.8 Å². The van der Waals surface area contributed by atoms with E-state index in [0.717, 1.165) is 79.3 Å². The van der Waals surface area contributed by atoms with E-state index >= 15 is 0 Å². The van der Waals surface area contributed by atoms with Gasteiger partial charge in [0.25, 0.3) is 0 Å². The maximum Gasteiger partial charge on any atom is 0.243 e. The van der Waals surface area contributed by atoms with E-state index in [2.05, 4.69) is 68.8 Å². The summed E-state index contributed by atoms with van der Waals surface area (Å²) in [6.07, 6.45) is 11.9. The van der Waals surface area contributed by atoms with Crippen LogP contribution in [0, 0.1) is 0 Å². The molecular weight excluding hydrogens is 498 g/mol. The first-order valence-electron chi connectivity index (χ1n) is 14.1. The molecule has 4 heterocycles. The largest absolute Gasteiger partial charge is 0.383 e. The lowest BCUT2D eigenvalue weighted by atomic mass is 9.97. The van der Waals surface area contributed by atoms with E-state index in [1.807, 2.05) is 12.1 Å². The number of carbonyl (C=O) groups is 1. The summed E-state index contributed by atoms with van der Waals surface area (Å²) in [5.41, 5.74) is 13.3. The Bertz CT molecular complexity index is 1560. The summed E-state index contributed by atoms with van der Waals surface area (Å²) in [7, 11) is 0. The SMILES string of the molecule is C=CC(=O)NC1CCN(Cc2ccc(-n3c(-c4cccnc4N)nc4ccc(C5=CCCCC5)nc43)cc2)CC1. The molecule has 3 aromatic heterocycles. The van der Waals surface area contributed by atoms with Gasteiger partial charge in [-0.1, -0.05) is 24.8 Å². The van der Waals surface area contributed by atoms with Gasteiger partial charge in [0.2, 0.25) is 5.91 Å². The lowest BCUT2D eigenvalue weighted by Crippen LogP contribution is -2.43. The number of nitrogens with zero attached hydrogens (tertiary/aromatic N) is 5. The van der Waals surface area contributed by atoms with Crippen LogP contribution in [0.2, 0.25) is 0 Å². The van der Waals surface area contributed by atoms with Crippen molar-refractivity contribution in [2.75, 3.05) is 18.8 Å². The molecule has 2 aliphatic rings. The quantitative estimate of drug-likeness (QED) is 0.313.